The smallest absolute Gasteiger partial charge is 0.333 e. The minimum Gasteiger partial charge on any atom is -0.376 e. The summed E-state index contributed by atoms with van der Waals surface area (Å²) in [4.78, 5) is 5.23. The van der Waals surface area contributed by atoms with E-state index >= 15 is 0 Å². The predicted octanol–water partition coefficient (Wildman–Crippen LogP) is 14.6. The molecule has 292 valence electrons. The molecule has 0 aliphatic carbocycles. The van der Waals surface area contributed by atoms with Crippen molar-refractivity contribution in [1.29, 1.82) is 0 Å². The summed E-state index contributed by atoms with van der Waals surface area (Å²) in [7, 11) is 0. The molecule has 0 N–H and O–H groups in total. The number of nitrogens with zero attached hydrogens (tertiary/aromatic N) is 2. The molecule has 0 amide bonds. The Kier molecular flexibility index (Phi) is 8.33. The summed E-state index contributed by atoms with van der Waals surface area (Å²) < 4.78 is 0. The van der Waals surface area contributed by atoms with Crippen LogP contribution in [0.1, 0.15) is 16.7 Å². The van der Waals surface area contributed by atoms with E-state index in [0.717, 1.165) is 5.69 Å². The number of aryl methyl sites for hydroxylation is 3. The maximum atomic E-state index is 2.64. The first-order chi connectivity index (χ1) is 30.5. The fourth-order valence-corrected chi connectivity index (χ4v) is 10.4. The zero-order chi connectivity index (χ0) is 41.5. The molecule has 2 nitrogen and oxygen atoms in total. The van der Waals surface area contributed by atoms with Crippen LogP contribution in [-0.4, -0.2) is 6.85 Å². The first-order valence-corrected chi connectivity index (χ1v) is 21.7. The third-order valence-corrected chi connectivity index (χ3v) is 13.4. The summed E-state index contributed by atoms with van der Waals surface area (Å²) in [6.07, 6.45) is 0. The van der Waals surface area contributed by atoms with Crippen molar-refractivity contribution in [1.82, 2.24) is 0 Å². The summed E-state index contributed by atoms with van der Waals surface area (Å²) in [5, 5.41) is 4.93. The van der Waals surface area contributed by atoms with Gasteiger partial charge in [0, 0.05) is 34.0 Å². The van der Waals surface area contributed by atoms with Gasteiger partial charge in [-0.25, -0.2) is 0 Å². The Labute approximate surface area is 364 Å². The van der Waals surface area contributed by atoms with Crippen molar-refractivity contribution in [3.05, 3.63) is 223 Å². The van der Waals surface area contributed by atoms with Gasteiger partial charge in [0.1, 0.15) is 0 Å². The average molecular weight is 791 g/mol. The quantitative estimate of drug-likeness (QED) is 0.160. The standard InChI is InChI=1S/C59H43BN2/c1-38-25-26-48(42-19-8-5-9-20-42)34-54(38)61-56-36-47-24-13-11-22-45(47)33-53(56)60-59-52(32-49(37-57(59)61)58-39(2)15-14-16-40(58)3)51-31-44-21-10-12-23-46(44)35-55(51)62(60)50-29-27-43(28-30-50)41-17-6-4-7-18-41/h4-37H,1-3H3. The molecule has 62 heavy (non-hydrogen) atoms. The summed E-state index contributed by atoms with van der Waals surface area (Å²) in [5.74, 6) is 0. The van der Waals surface area contributed by atoms with Crippen LogP contribution in [-0.2, 0) is 0 Å². The lowest BCUT2D eigenvalue weighted by Gasteiger charge is -2.46. The fourth-order valence-electron chi connectivity index (χ4n) is 10.4. The first-order valence-electron chi connectivity index (χ1n) is 21.7. The minimum absolute atomic E-state index is 0.114. The van der Waals surface area contributed by atoms with Crippen LogP contribution < -0.4 is 20.6 Å². The van der Waals surface area contributed by atoms with Crippen molar-refractivity contribution in [2.24, 2.45) is 0 Å². The van der Waals surface area contributed by atoms with Gasteiger partial charge in [0.15, 0.2) is 0 Å². The lowest BCUT2D eigenvalue weighted by Crippen LogP contribution is -2.61. The van der Waals surface area contributed by atoms with Gasteiger partial charge in [-0.15, -0.1) is 0 Å². The van der Waals surface area contributed by atoms with Gasteiger partial charge in [0.05, 0.1) is 0 Å². The van der Waals surface area contributed by atoms with Crippen molar-refractivity contribution >= 4 is 67.8 Å². The second-order valence-corrected chi connectivity index (χ2v) is 17.1. The van der Waals surface area contributed by atoms with Gasteiger partial charge < -0.3 is 9.71 Å². The topological polar surface area (TPSA) is 6.48 Å². The molecule has 10 aromatic rings. The Morgan fingerprint density at radius 2 is 0.871 bits per heavy atom. The molecular weight excluding hydrogens is 747 g/mol. The molecule has 0 radical (unpaired) electrons. The molecule has 0 fully saturated rings. The number of rotatable bonds is 5. The zero-order valence-corrected chi connectivity index (χ0v) is 35.1. The highest BCUT2D eigenvalue weighted by Crippen LogP contribution is 2.50. The predicted molar refractivity (Wildman–Crippen MR) is 266 cm³/mol. The van der Waals surface area contributed by atoms with Crippen molar-refractivity contribution in [3.63, 3.8) is 0 Å². The number of benzene rings is 10. The van der Waals surface area contributed by atoms with Gasteiger partial charge in [-0.3, -0.25) is 0 Å². The van der Waals surface area contributed by atoms with Crippen LogP contribution in [0.3, 0.4) is 0 Å². The number of fused-ring (bicyclic) bond motifs is 6. The number of anilines is 5. The van der Waals surface area contributed by atoms with Crippen LogP contribution >= 0.6 is 0 Å². The normalized spacial score (nSPS) is 12.7. The molecular formula is C59H43BN2. The zero-order valence-electron chi connectivity index (χ0n) is 35.1. The highest BCUT2D eigenvalue weighted by atomic mass is 15.2. The van der Waals surface area contributed by atoms with Crippen molar-refractivity contribution in [2.45, 2.75) is 20.8 Å². The van der Waals surface area contributed by atoms with Crippen molar-refractivity contribution < 1.29 is 0 Å². The molecule has 10 aromatic carbocycles. The maximum absolute atomic E-state index is 2.64. The number of hydrogen-bond acceptors (Lipinski definition) is 2. The van der Waals surface area contributed by atoms with Crippen LogP contribution in [0.15, 0.2) is 206 Å². The van der Waals surface area contributed by atoms with E-state index in [4.69, 9.17) is 0 Å². The van der Waals surface area contributed by atoms with Crippen molar-refractivity contribution in [2.75, 3.05) is 9.71 Å². The lowest BCUT2D eigenvalue weighted by atomic mass is 9.43. The molecule has 0 spiro atoms. The minimum atomic E-state index is -0.114. The molecule has 2 aliphatic heterocycles. The van der Waals surface area contributed by atoms with Gasteiger partial charge in [-0.1, -0.05) is 158 Å². The Balaban J connectivity index is 1.21. The summed E-state index contributed by atoms with van der Waals surface area (Å²) in [5.41, 5.74) is 22.3. The molecule has 12 rings (SSSR count). The molecule has 2 heterocycles. The average Bonchev–Trinajstić information content (AvgIpc) is 3.31. The van der Waals surface area contributed by atoms with Crippen LogP contribution in [0.2, 0.25) is 0 Å². The van der Waals surface area contributed by atoms with E-state index in [1.807, 2.05) is 0 Å². The summed E-state index contributed by atoms with van der Waals surface area (Å²) in [6, 6.07) is 76.9. The second kappa shape index (κ2) is 14.3. The molecule has 0 aromatic heterocycles. The van der Waals surface area contributed by atoms with Gasteiger partial charge in [-0.05, 0) is 157 Å². The largest absolute Gasteiger partial charge is 0.376 e. The third-order valence-electron chi connectivity index (χ3n) is 13.4. The summed E-state index contributed by atoms with van der Waals surface area (Å²) >= 11 is 0. The van der Waals surface area contributed by atoms with Crippen LogP contribution in [0.4, 0.5) is 28.4 Å². The Hall–Kier alpha value is -7.62. The SMILES string of the molecule is Cc1ccc(-c2ccccc2)cc1N1c2cc3ccccc3cc2B2c3c(cc(-c4c(C)cccc4C)cc31)-c1cc3ccccc3cc1N2c1ccc(-c2ccccc2)cc1. The van der Waals surface area contributed by atoms with E-state index in [2.05, 4.69) is 237 Å². The molecule has 0 atom stereocenters. The lowest BCUT2D eigenvalue weighted by molar-refractivity contribution is 1.25. The fraction of sp³-hybridized carbons (Fsp3) is 0.0508. The monoisotopic (exact) mass is 790 g/mol. The van der Waals surface area contributed by atoms with E-state index in [-0.39, 0.29) is 6.85 Å². The van der Waals surface area contributed by atoms with Crippen LogP contribution in [0.25, 0.3) is 66.1 Å². The third kappa shape index (κ3) is 5.73. The summed E-state index contributed by atoms with van der Waals surface area (Å²) in [6.45, 7) is 6.66. The van der Waals surface area contributed by atoms with Gasteiger partial charge in [-0.2, -0.15) is 0 Å². The van der Waals surface area contributed by atoms with E-state index in [9.17, 15) is 0 Å². The second-order valence-electron chi connectivity index (χ2n) is 17.1. The molecule has 0 bridgehead atoms. The highest BCUT2D eigenvalue weighted by Gasteiger charge is 2.46. The van der Waals surface area contributed by atoms with Gasteiger partial charge in [0.2, 0.25) is 0 Å². The highest BCUT2D eigenvalue weighted by molar-refractivity contribution is 6.93. The first kappa shape index (κ1) is 36.3. The Bertz CT molecular complexity index is 3370. The van der Waals surface area contributed by atoms with Crippen molar-refractivity contribution in [3.8, 4) is 44.5 Å². The molecule has 0 unspecified atom stereocenters. The van der Waals surface area contributed by atoms with E-state index in [1.165, 1.54) is 116 Å². The van der Waals surface area contributed by atoms with E-state index in [0.29, 0.717) is 0 Å². The van der Waals surface area contributed by atoms with Crippen LogP contribution in [0.5, 0.6) is 0 Å². The molecule has 0 saturated carbocycles. The molecule has 0 saturated heterocycles. The van der Waals surface area contributed by atoms with E-state index < -0.39 is 0 Å². The van der Waals surface area contributed by atoms with Gasteiger partial charge in [0.25, 0.3) is 0 Å². The number of hydrogen-bond donors (Lipinski definition) is 0. The maximum Gasteiger partial charge on any atom is 0.333 e. The van der Waals surface area contributed by atoms with Gasteiger partial charge >= 0.3 is 6.85 Å². The Morgan fingerprint density at radius 1 is 0.339 bits per heavy atom. The molecule has 3 heteroatoms. The van der Waals surface area contributed by atoms with Crippen LogP contribution in [0, 0.1) is 20.8 Å². The van der Waals surface area contributed by atoms with E-state index in [1.54, 1.807) is 0 Å². The Morgan fingerprint density at radius 3 is 1.53 bits per heavy atom. The molecule has 2 aliphatic rings.